The number of amides is 4. The third kappa shape index (κ3) is 3.19. The highest BCUT2D eigenvalue weighted by Crippen LogP contribution is 2.60. The van der Waals surface area contributed by atoms with E-state index in [1.807, 2.05) is 0 Å². The van der Waals surface area contributed by atoms with Crippen LogP contribution in [-0.4, -0.2) is 65.4 Å². The van der Waals surface area contributed by atoms with Crippen LogP contribution in [0, 0.1) is 23.2 Å². The zero-order valence-corrected chi connectivity index (χ0v) is 17.6. The van der Waals surface area contributed by atoms with Crippen LogP contribution >= 0.6 is 0 Å². The smallest absolute Gasteiger partial charge is 0.329 e. The summed E-state index contributed by atoms with van der Waals surface area (Å²) in [7, 11) is 0. The van der Waals surface area contributed by atoms with Gasteiger partial charge in [0, 0.05) is 19.6 Å². The minimum Gasteiger partial charge on any atom is -0.451 e. The molecular formula is C22H31N3O5. The Labute approximate surface area is 176 Å². The van der Waals surface area contributed by atoms with Gasteiger partial charge in [-0.2, -0.15) is 0 Å². The summed E-state index contributed by atoms with van der Waals surface area (Å²) < 4.78 is 5.45. The van der Waals surface area contributed by atoms with E-state index >= 15 is 0 Å². The molecule has 2 aliphatic heterocycles. The van der Waals surface area contributed by atoms with E-state index in [-0.39, 0.29) is 17.9 Å². The number of hydrogen-bond donors (Lipinski definition) is 1. The van der Waals surface area contributed by atoms with Gasteiger partial charge in [0.2, 0.25) is 5.91 Å². The number of likely N-dealkylation sites (tertiary alicyclic amines) is 1. The number of nitrogens with one attached hydrogen (secondary N) is 1. The summed E-state index contributed by atoms with van der Waals surface area (Å²) in [5.41, 5.74) is -0.285. The molecule has 6 fully saturated rings. The van der Waals surface area contributed by atoms with Crippen LogP contribution in [0.15, 0.2) is 0 Å². The molecule has 4 saturated carbocycles. The predicted molar refractivity (Wildman–Crippen MR) is 106 cm³/mol. The quantitative estimate of drug-likeness (QED) is 0.702. The van der Waals surface area contributed by atoms with E-state index < -0.39 is 30.1 Å². The first-order chi connectivity index (χ1) is 14.4. The first-order valence-electron chi connectivity index (χ1n) is 11.5. The van der Waals surface area contributed by atoms with E-state index in [1.54, 1.807) is 4.90 Å². The molecule has 0 unspecified atom stereocenters. The molecule has 6 rings (SSSR count). The number of ether oxygens (including phenoxy) is 1. The zero-order valence-electron chi connectivity index (χ0n) is 17.6. The van der Waals surface area contributed by atoms with Crippen molar-refractivity contribution in [1.82, 2.24) is 15.1 Å². The summed E-state index contributed by atoms with van der Waals surface area (Å²) in [6, 6.07) is -1.07. The fourth-order valence-corrected chi connectivity index (χ4v) is 7.14. The van der Waals surface area contributed by atoms with Crippen molar-refractivity contribution < 1.29 is 23.9 Å². The lowest BCUT2D eigenvalue weighted by Gasteiger charge is -2.56. The third-order valence-electron chi connectivity index (χ3n) is 8.04. The van der Waals surface area contributed by atoms with Gasteiger partial charge in [0.15, 0.2) is 6.10 Å². The molecule has 2 atom stereocenters. The lowest BCUT2D eigenvalue weighted by molar-refractivity contribution is -0.169. The summed E-state index contributed by atoms with van der Waals surface area (Å²) in [5.74, 6) is 1.09. The number of esters is 1. The van der Waals surface area contributed by atoms with Crippen molar-refractivity contribution in [3.05, 3.63) is 0 Å². The summed E-state index contributed by atoms with van der Waals surface area (Å²) in [6.07, 6.45) is 7.00. The Balaban J connectivity index is 1.26. The maximum absolute atomic E-state index is 13.7. The van der Waals surface area contributed by atoms with Crippen LogP contribution in [0.3, 0.4) is 0 Å². The molecule has 4 bridgehead atoms. The molecule has 1 N–H and O–H groups in total. The molecule has 0 aromatic rings. The van der Waals surface area contributed by atoms with E-state index in [9.17, 15) is 19.2 Å². The van der Waals surface area contributed by atoms with Gasteiger partial charge in [-0.15, -0.1) is 0 Å². The number of hydrogen-bond acceptors (Lipinski definition) is 5. The molecule has 164 valence electrons. The lowest BCUT2D eigenvalue weighted by atomic mass is 9.49. The zero-order chi connectivity index (χ0) is 21.0. The Morgan fingerprint density at radius 3 is 2.27 bits per heavy atom. The van der Waals surface area contributed by atoms with Crippen molar-refractivity contribution in [1.29, 1.82) is 0 Å². The first kappa shape index (κ1) is 19.8. The lowest BCUT2D eigenvalue weighted by Crippen LogP contribution is -2.56. The number of urea groups is 1. The van der Waals surface area contributed by atoms with Crippen molar-refractivity contribution in [2.45, 2.75) is 70.4 Å². The Morgan fingerprint density at radius 2 is 1.70 bits per heavy atom. The first-order valence-corrected chi connectivity index (χ1v) is 11.5. The van der Waals surface area contributed by atoms with Crippen molar-refractivity contribution in [3.8, 4) is 0 Å². The highest BCUT2D eigenvalue weighted by atomic mass is 16.5. The largest absolute Gasteiger partial charge is 0.451 e. The molecular weight excluding hydrogens is 386 g/mol. The molecule has 30 heavy (non-hydrogen) atoms. The van der Waals surface area contributed by atoms with E-state index in [4.69, 9.17) is 4.74 Å². The van der Waals surface area contributed by atoms with Crippen molar-refractivity contribution in [2.24, 2.45) is 23.2 Å². The summed E-state index contributed by atoms with van der Waals surface area (Å²) in [5, 5.41) is 2.57. The Bertz CT molecular complexity index is 745. The number of imide groups is 1. The standard InChI is InChI=1S/C22H31N3O5/c1-13(18(26)25-6-4-23-21(25)29)30-19(27)17-3-2-5-24(17)20(28)22-10-14-7-15(11-22)9-16(8-14)12-22/h13-17H,2-12H2,1H3,(H,23,29)/t13-,14?,15?,16?,17+,22?/m0/s1. The molecule has 0 aromatic heterocycles. The van der Waals surface area contributed by atoms with E-state index in [1.165, 1.54) is 26.2 Å². The maximum atomic E-state index is 13.7. The maximum Gasteiger partial charge on any atom is 0.329 e. The second kappa shape index (κ2) is 7.24. The van der Waals surface area contributed by atoms with Crippen LogP contribution in [0.4, 0.5) is 4.79 Å². The topological polar surface area (TPSA) is 96.0 Å². The van der Waals surface area contributed by atoms with Gasteiger partial charge in [0.25, 0.3) is 5.91 Å². The number of carbonyl (C=O) groups is 4. The Kier molecular flexibility index (Phi) is 4.78. The van der Waals surface area contributed by atoms with Crippen molar-refractivity contribution in [3.63, 3.8) is 0 Å². The van der Waals surface area contributed by atoms with Gasteiger partial charge in [-0.25, -0.2) is 9.59 Å². The molecule has 4 amide bonds. The third-order valence-corrected chi connectivity index (χ3v) is 8.04. The van der Waals surface area contributed by atoms with Crippen LogP contribution in [0.1, 0.15) is 58.3 Å². The van der Waals surface area contributed by atoms with Crippen LogP contribution in [-0.2, 0) is 19.1 Å². The number of carbonyl (C=O) groups excluding carboxylic acids is 4. The molecule has 8 heteroatoms. The minimum absolute atomic E-state index is 0.138. The molecule has 0 aromatic carbocycles. The summed E-state index contributed by atoms with van der Waals surface area (Å²) in [6.45, 7) is 2.75. The fourth-order valence-electron chi connectivity index (χ4n) is 7.14. The Morgan fingerprint density at radius 1 is 1.07 bits per heavy atom. The molecule has 4 aliphatic carbocycles. The van der Waals surface area contributed by atoms with Crippen molar-refractivity contribution >= 4 is 23.8 Å². The minimum atomic E-state index is -1.04. The van der Waals surface area contributed by atoms with Crippen LogP contribution in [0.2, 0.25) is 0 Å². The van der Waals surface area contributed by atoms with Gasteiger partial charge in [0.1, 0.15) is 6.04 Å². The van der Waals surface area contributed by atoms with E-state index in [0.717, 1.165) is 30.6 Å². The average molecular weight is 418 g/mol. The highest BCUT2D eigenvalue weighted by molar-refractivity contribution is 5.98. The van der Waals surface area contributed by atoms with Gasteiger partial charge in [-0.3, -0.25) is 14.5 Å². The monoisotopic (exact) mass is 417 g/mol. The average Bonchev–Trinajstić information content (AvgIpc) is 3.34. The van der Waals surface area contributed by atoms with Gasteiger partial charge < -0.3 is 15.0 Å². The van der Waals surface area contributed by atoms with E-state index in [0.29, 0.717) is 37.3 Å². The van der Waals surface area contributed by atoms with E-state index in [2.05, 4.69) is 5.32 Å². The fraction of sp³-hybridized carbons (Fsp3) is 0.818. The van der Waals surface area contributed by atoms with Gasteiger partial charge >= 0.3 is 12.0 Å². The second-order valence-electron chi connectivity index (χ2n) is 10.2. The molecule has 6 aliphatic rings. The van der Waals surface area contributed by atoms with Gasteiger partial charge in [0.05, 0.1) is 5.41 Å². The van der Waals surface area contributed by atoms with Crippen molar-refractivity contribution in [2.75, 3.05) is 19.6 Å². The van der Waals surface area contributed by atoms with Crippen LogP contribution in [0.25, 0.3) is 0 Å². The predicted octanol–water partition coefficient (Wildman–Crippen LogP) is 1.68. The van der Waals surface area contributed by atoms with Crippen LogP contribution in [0.5, 0.6) is 0 Å². The van der Waals surface area contributed by atoms with Gasteiger partial charge in [-0.05, 0) is 76.0 Å². The van der Waals surface area contributed by atoms with Crippen LogP contribution < -0.4 is 5.32 Å². The highest BCUT2D eigenvalue weighted by Gasteiger charge is 2.57. The van der Waals surface area contributed by atoms with Gasteiger partial charge in [-0.1, -0.05) is 0 Å². The molecule has 0 radical (unpaired) electrons. The molecule has 2 saturated heterocycles. The molecule has 8 nitrogen and oxygen atoms in total. The second-order valence-corrected chi connectivity index (χ2v) is 10.2. The normalized spacial score (nSPS) is 38.0. The summed E-state index contributed by atoms with van der Waals surface area (Å²) in [4.78, 5) is 53.6. The summed E-state index contributed by atoms with van der Waals surface area (Å²) >= 11 is 0. The molecule has 2 heterocycles. The molecule has 0 spiro atoms. The SMILES string of the molecule is C[C@H](OC(=O)[C@H]1CCCN1C(=O)C12CC3CC(CC(C3)C1)C2)C(=O)N1CCNC1=O. The number of nitrogens with zero attached hydrogens (tertiary/aromatic N) is 2. The Hall–Kier alpha value is -2.12. The number of rotatable bonds is 4.